The summed E-state index contributed by atoms with van der Waals surface area (Å²) in [6, 6.07) is 7.89. The minimum absolute atomic E-state index is 0.240. The number of amides is 1. The molecule has 3 aliphatic rings. The van der Waals surface area contributed by atoms with E-state index in [4.69, 9.17) is 19.2 Å². The Kier molecular flexibility index (Phi) is 7.66. The third-order valence-corrected chi connectivity index (χ3v) is 6.80. The van der Waals surface area contributed by atoms with Crippen LogP contribution in [0.3, 0.4) is 0 Å². The first kappa shape index (κ1) is 24.7. The first-order valence-corrected chi connectivity index (χ1v) is 11.9. The monoisotopic (exact) mass is 476 g/mol. The number of benzene rings is 1. The fourth-order valence-corrected chi connectivity index (χ4v) is 4.89. The number of ether oxygens (including phenoxy) is 3. The highest BCUT2D eigenvalue weighted by molar-refractivity contribution is 6.06. The number of hydrogen-bond donors (Lipinski definition) is 1. The van der Waals surface area contributed by atoms with Crippen molar-refractivity contribution in [2.75, 3.05) is 34.0 Å². The smallest absolute Gasteiger partial charge is 0.317 e. The van der Waals surface area contributed by atoms with Crippen LogP contribution in [0.25, 0.3) is 6.08 Å². The standard InChI is InChI=1S/C28H32N2O5/c1-28(27(32)35-18-25(31)29-15-16-33-2)22-8-4-5-10-24(22)30-26-20(7-6-9-23(26)28)17-19-11-13-21(34-3)14-12-19/h4-5,8,10-14,17,22H,6-7,9,15-16,18H2,1-3H3,(H,29,31)/b20-17+. The van der Waals surface area contributed by atoms with E-state index >= 15 is 0 Å². The third-order valence-electron chi connectivity index (χ3n) is 6.80. The third kappa shape index (κ3) is 5.15. The largest absolute Gasteiger partial charge is 0.497 e. The molecule has 1 aromatic carbocycles. The molecule has 1 aromatic rings. The van der Waals surface area contributed by atoms with Gasteiger partial charge in [0, 0.05) is 25.3 Å². The molecule has 1 heterocycles. The highest BCUT2D eigenvalue weighted by atomic mass is 16.5. The summed E-state index contributed by atoms with van der Waals surface area (Å²) in [4.78, 5) is 30.8. The van der Waals surface area contributed by atoms with Crippen LogP contribution in [0, 0.1) is 11.3 Å². The van der Waals surface area contributed by atoms with Crippen LogP contribution in [0.15, 0.2) is 70.4 Å². The van der Waals surface area contributed by atoms with Crippen LogP contribution in [-0.2, 0) is 19.1 Å². The summed E-state index contributed by atoms with van der Waals surface area (Å²) in [5.74, 6) is -0.191. The lowest BCUT2D eigenvalue weighted by Crippen LogP contribution is -2.46. The zero-order chi connectivity index (χ0) is 24.8. The first-order chi connectivity index (χ1) is 17.0. The molecule has 1 aliphatic heterocycles. The second-order valence-electron chi connectivity index (χ2n) is 9.00. The van der Waals surface area contributed by atoms with Crippen molar-refractivity contribution < 1.29 is 23.8 Å². The Hall–Kier alpha value is -3.45. The number of esters is 1. The fraction of sp³-hybridized carbons (Fsp3) is 0.393. The molecule has 0 radical (unpaired) electrons. The molecule has 0 saturated carbocycles. The topological polar surface area (TPSA) is 86.2 Å². The van der Waals surface area contributed by atoms with Gasteiger partial charge in [-0.1, -0.05) is 30.4 Å². The lowest BCUT2D eigenvalue weighted by molar-refractivity contribution is -0.157. The number of fused-ring (bicyclic) bond motifs is 1. The molecule has 4 rings (SSSR count). The van der Waals surface area contributed by atoms with Gasteiger partial charge in [0.25, 0.3) is 5.91 Å². The molecular weight excluding hydrogens is 444 g/mol. The summed E-state index contributed by atoms with van der Waals surface area (Å²) < 4.78 is 15.8. The number of carbonyl (C=O) groups is 2. The Morgan fingerprint density at radius 3 is 2.71 bits per heavy atom. The molecule has 0 bridgehead atoms. The van der Waals surface area contributed by atoms with E-state index < -0.39 is 11.4 Å². The summed E-state index contributed by atoms with van der Waals surface area (Å²) >= 11 is 0. The van der Waals surface area contributed by atoms with Gasteiger partial charge in [0.05, 0.1) is 19.4 Å². The van der Waals surface area contributed by atoms with E-state index in [9.17, 15) is 9.59 Å². The van der Waals surface area contributed by atoms with Gasteiger partial charge in [0.1, 0.15) is 11.2 Å². The van der Waals surface area contributed by atoms with Crippen LogP contribution in [0.4, 0.5) is 0 Å². The van der Waals surface area contributed by atoms with Crippen LogP contribution >= 0.6 is 0 Å². The van der Waals surface area contributed by atoms with Gasteiger partial charge in [0.15, 0.2) is 6.61 Å². The van der Waals surface area contributed by atoms with Gasteiger partial charge >= 0.3 is 5.97 Å². The second-order valence-corrected chi connectivity index (χ2v) is 9.00. The van der Waals surface area contributed by atoms with E-state index in [-0.39, 0.29) is 18.4 Å². The molecule has 7 heteroatoms. The second kappa shape index (κ2) is 10.9. The molecule has 1 amide bonds. The van der Waals surface area contributed by atoms with Crippen molar-refractivity contribution >= 4 is 23.7 Å². The maximum absolute atomic E-state index is 13.6. The van der Waals surface area contributed by atoms with Crippen molar-refractivity contribution in [2.24, 2.45) is 16.3 Å². The van der Waals surface area contributed by atoms with E-state index in [0.717, 1.165) is 53.1 Å². The molecule has 0 aromatic heterocycles. The number of methoxy groups -OCH3 is 2. The Balaban J connectivity index is 1.65. The number of rotatable bonds is 8. The quantitative estimate of drug-likeness (QED) is 0.452. The number of aliphatic imine (C=N–C) groups is 1. The molecular formula is C28H32N2O5. The first-order valence-electron chi connectivity index (χ1n) is 11.9. The number of nitrogens with one attached hydrogen (secondary N) is 1. The minimum atomic E-state index is -0.945. The molecule has 1 N–H and O–H groups in total. The van der Waals surface area contributed by atoms with Crippen molar-refractivity contribution in [1.82, 2.24) is 5.32 Å². The molecule has 2 aliphatic carbocycles. The summed E-state index contributed by atoms with van der Waals surface area (Å²) in [6.07, 6.45) is 12.5. The number of nitrogens with zero attached hydrogens (tertiary/aromatic N) is 1. The lowest BCUT2D eigenvalue weighted by atomic mass is 9.63. The average Bonchev–Trinajstić information content (AvgIpc) is 2.88. The highest BCUT2D eigenvalue weighted by Gasteiger charge is 2.51. The maximum atomic E-state index is 13.6. The van der Waals surface area contributed by atoms with E-state index in [1.807, 2.05) is 55.5 Å². The predicted molar refractivity (Wildman–Crippen MR) is 135 cm³/mol. The van der Waals surface area contributed by atoms with Crippen LogP contribution in [0.2, 0.25) is 0 Å². The minimum Gasteiger partial charge on any atom is -0.497 e. The summed E-state index contributed by atoms with van der Waals surface area (Å²) in [7, 11) is 3.21. The summed E-state index contributed by atoms with van der Waals surface area (Å²) in [5.41, 5.74) is 3.87. The Bertz CT molecular complexity index is 1130. The fourth-order valence-electron chi connectivity index (χ4n) is 4.89. The lowest BCUT2D eigenvalue weighted by Gasteiger charge is -2.42. The average molecular weight is 477 g/mol. The maximum Gasteiger partial charge on any atom is 0.317 e. The predicted octanol–water partition coefficient (Wildman–Crippen LogP) is 4.03. The van der Waals surface area contributed by atoms with Gasteiger partial charge in [-0.3, -0.25) is 14.6 Å². The van der Waals surface area contributed by atoms with Crippen LogP contribution in [0.1, 0.15) is 31.7 Å². The Morgan fingerprint density at radius 2 is 1.97 bits per heavy atom. The highest BCUT2D eigenvalue weighted by Crippen LogP contribution is 2.51. The van der Waals surface area contributed by atoms with Gasteiger partial charge in [-0.2, -0.15) is 0 Å². The zero-order valence-corrected chi connectivity index (χ0v) is 20.5. The molecule has 35 heavy (non-hydrogen) atoms. The molecule has 184 valence electrons. The van der Waals surface area contributed by atoms with Crippen LogP contribution < -0.4 is 10.1 Å². The number of hydrogen-bond acceptors (Lipinski definition) is 6. The van der Waals surface area contributed by atoms with E-state index in [1.54, 1.807) is 14.2 Å². The molecule has 0 saturated heterocycles. The van der Waals surface area contributed by atoms with Gasteiger partial charge < -0.3 is 19.5 Å². The normalized spacial score (nSPS) is 23.9. The Labute approximate surface area is 206 Å². The Morgan fingerprint density at radius 1 is 1.17 bits per heavy atom. The molecule has 0 fully saturated rings. The molecule has 2 atom stereocenters. The van der Waals surface area contributed by atoms with Gasteiger partial charge in [-0.25, -0.2) is 0 Å². The van der Waals surface area contributed by atoms with Crippen LogP contribution in [0.5, 0.6) is 5.75 Å². The SMILES string of the molecule is COCCNC(=O)COC(=O)C1(C)C2=C(N=C3C=CC=CC31)/C(=C/c1ccc(OC)cc1)CCC2. The zero-order valence-electron chi connectivity index (χ0n) is 20.5. The summed E-state index contributed by atoms with van der Waals surface area (Å²) in [5, 5.41) is 2.69. The van der Waals surface area contributed by atoms with E-state index in [0.29, 0.717) is 13.2 Å². The van der Waals surface area contributed by atoms with Crippen molar-refractivity contribution in [3.05, 3.63) is 71.0 Å². The molecule has 0 spiro atoms. The summed E-state index contributed by atoms with van der Waals surface area (Å²) in [6.45, 7) is 2.36. The van der Waals surface area contributed by atoms with E-state index in [1.165, 1.54) is 0 Å². The number of carbonyl (C=O) groups excluding carboxylic acids is 2. The molecule has 7 nitrogen and oxygen atoms in total. The van der Waals surface area contributed by atoms with Gasteiger partial charge in [-0.05, 0) is 67.2 Å². The van der Waals surface area contributed by atoms with Gasteiger partial charge in [-0.15, -0.1) is 0 Å². The van der Waals surface area contributed by atoms with Gasteiger partial charge in [0.2, 0.25) is 0 Å². The van der Waals surface area contributed by atoms with Crippen molar-refractivity contribution in [3.63, 3.8) is 0 Å². The van der Waals surface area contributed by atoms with E-state index in [2.05, 4.69) is 11.4 Å². The van der Waals surface area contributed by atoms with Crippen molar-refractivity contribution in [3.8, 4) is 5.75 Å². The van der Waals surface area contributed by atoms with Crippen LogP contribution in [-0.4, -0.2) is 51.6 Å². The number of allylic oxidation sites excluding steroid dienone is 5. The van der Waals surface area contributed by atoms with Crippen molar-refractivity contribution in [2.45, 2.75) is 26.2 Å². The molecule has 2 unspecified atom stereocenters. The van der Waals surface area contributed by atoms with Crippen molar-refractivity contribution in [1.29, 1.82) is 0 Å².